The molecule has 66 valence electrons. The van der Waals surface area contributed by atoms with Crippen LogP contribution in [0.2, 0.25) is 0 Å². The maximum absolute atomic E-state index is 10.4. The molecular formula is C9H12LiNO2. The predicted molar refractivity (Wildman–Crippen MR) is 46.9 cm³/mol. The fraction of sp³-hybridized carbons (Fsp3) is 0.222. The first-order chi connectivity index (χ1) is 5.70. The Kier molecular flexibility index (Phi) is 5.48. The van der Waals surface area contributed by atoms with Crippen LogP contribution in [0.25, 0.3) is 0 Å². The summed E-state index contributed by atoms with van der Waals surface area (Å²) in [6, 6.07) is 8.54. The summed E-state index contributed by atoms with van der Waals surface area (Å²) in [5, 5.41) is 8.52. The molecule has 4 heteroatoms. The maximum atomic E-state index is 10.4. The Morgan fingerprint density at radius 3 is 2.46 bits per heavy atom. The third-order valence-electron chi connectivity index (χ3n) is 1.62. The average Bonchev–Trinajstić information content (AvgIpc) is 2.06. The molecule has 13 heavy (non-hydrogen) atoms. The van der Waals surface area contributed by atoms with Crippen molar-refractivity contribution in [2.75, 3.05) is 0 Å². The monoisotopic (exact) mass is 173 g/mol. The van der Waals surface area contributed by atoms with E-state index in [1.165, 1.54) is 0 Å². The van der Waals surface area contributed by atoms with Crippen LogP contribution < -0.4 is 24.6 Å². The molecular weight excluding hydrogens is 161 g/mol. The molecule has 3 N–H and O–H groups in total. The second kappa shape index (κ2) is 5.82. The molecule has 0 unspecified atom stereocenters. The van der Waals surface area contributed by atoms with Crippen molar-refractivity contribution in [3.8, 4) is 0 Å². The van der Waals surface area contributed by atoms with Gasteiger partial charge in [0, 0.05) is 0 Å². The molecule has 0 aromatic heterocycles. The molecule has 1 aromatic rings. The van der Waals surface area contributed by atoms with Gasteiger partial charge in [-0.1, -0.05) is 30.3 Å². The van der Waals surface area contributed by atoms with Gasteiger partial charge in [0.05, 0.1) is 0 Å². The van der Waals surface area contributed by atoms with Crippen LogP contribution in [0, 0.1) is 0 Å². The summed E-state index contributed by atoms with van der Waals surface area (Å²) < 4.78 is 0. The molecule has 1 aromatic carbocycles. The molecule has 0 bridgehead atoms. The summed E-state index contributed by atoms with van der Waals surface area (Å²) in [5.74, 6) is -0.959. The van der Waals surface area contributed by atoms with Gasteiger partial charge in [-0.2, -0.15) is 0 Å². The number of nitrogens with two attached hydrogens (primary N) is 1. The molecule has 0 aliphatic rings. The van der Waals surface area contributed by atoms with Crippen LogP contribution in [0.3, 0.4) is 0 Å². The van der Waals surface area contributed by atoms with Gasteiger partial charge in [-0.05, 0) is 12.0 Å². The summed E-state index contributed by atoms with van der Waals surface area (Å²) in [7, 11) is 0. The Bertz CT molecular complexity index is 269. The molecule has 3 nitrogen and oxygen atoms in total. The van der Waals surface area contributed by atoms with E-state index in [1.54, 1.807) is 0 Å². The fourth-order valence-corrected chi connectivity index (χ4v) is 0.955. The van der Waals surface area contributed by atoms with Gasteiger partial charge in [0.1, 0.15) is 6.04 Å². The van der Waals surface area contributed by atoms with Crippen molar-refractivity contribution in [2.45, 2.75) is 12.5 Å². The molecule has 0 aliphatic heterocycles. The van der Waals surface area contributed by atoms with Gasteiger partial charge in [0.25, 0.3) is 0 Å². The molecule has 1 atom stereocenters. The third-order valence-corrected chi connectivity index (χ3v) is 1.62. The quantitative estimate of drug-likeness (QED) is 0.508. The molecule has 0 saturated carbocycles. The van der Waals surface area contributed by atoms with Crippen molar-refractivity contribution in [1.82, 2.24) is 0 Å². The molecule has 0 spiro atoms. The Morgan fingerprint density at radius 1 is 1.46 bits per heavy atom. The summed E-state index contributed by atoms with van der Waals surface area (Å²) in [5.41, 5.74) is 6.30. The Morgan fingerprint density at radius 2 is 2.00 bits per heavy atom. The van der Waals surface area contributed by atoms with Crippen molar-refractivity contribution >= 4 is 5.97 Å². The van der Waals surface area contributed by atoms with Crippen LogP contribution in [-0.2, 0) is 11.2 Å². The van der Waals surface area contributed by atoms with Crippen molar-refractivity contribution in [3.63, 3.8) is 0 Å². The topological polar surface area (TPSA) is 63.3 Å². The molecule has 0 aliphatic carbocycles. The number of hydrogen-bond acceptors (Lipinski definition) is 2. The third kappa shape index (κ3) is 4.14. The minimum absolute atomic E-state index is 0. The van der Waals surface area contributed by atoms with Crippen LogP contribution in [0.15, 0.2) is 30.3 Å². The van der Waals surface area contributed by atoms with Crippen LogP contribution in [-0.4, -0.2) is 17.1 Å². The van der Waals surface area contributed by atoms with Gasteiger partial charge in [0.2, 0.25) is 0 Å². The zero-order valence-electron chi connectivity index (χ0n) is 8.60. The van der Waals surface area contributed by atoms with Gasteiger partial charge in [-0.3, -0.25) is 4.79 Å². The smallest absolute Gasteiger partial charge is 1.00 e. The van der Waals surface area contributed by atoms with E-state index in [-0.39, 0.29) is 20.3 Å². The van der Waals surface area contributed by atoms with Crippen LogP contribution >= 0.6 is 0 Å². The van der Waals surface area contributed by atoms with Gasteiger partial charge >= 0.3 is 24.8 Å². The molecule has 0 fully saturated rings. The minimum Gasteiger partial charge on any atom is -1.00 e. The average molecular weight is 173 g/mol. The van der Waals surface area contributed by atoms with E-state index in [4.69, 9.17) is 10.8 Å². The van der Waals surface area contributed by atoms with Crippen LogP contribution in [0.4, 0.5) is 0 Å². The van der Waals surface area contributed by atoms with Crippen molar-refractivity contribution in [1.29, 1.82) is 0 Å². The number of benzene rings is 1. The van der Waals surface area contributed by atoms with E-state index < -0.39 is 12.0 Å². The largest absolute Gasteiger partial charge is 1.00 e. The van der Waals surface area contributed by atoms with Crippen molar-refractivity contribution in [3.05, 3.63) is 35.9 Å². The first-order valence-corrected chi connectivity index (χ1v) is 3.72. The van der Waals surface area contributed by atoms with Crippen molar-refractivity contribution < 1.29 is 30.2 Å². The van der Waals surface area contributed by atoms with E-state index in [1.807, 2.05) is 30.3 Å². The van der Waals surface area contributed by atoms with Gasteiger partial charge < -0.3 is 12.3 Å². The summed E-state index contributed by atoms with van der Waals surface area (Å²) >= 11 is 0. The number of carboxylic acids is 1. The van der Waals surface area contributed by atoms with Crippen LogP contribution in [0.5, 0.6) is 0 Å². The maximum Gasteiger partial charge on any atom is 1.00 e. The Balaban J connectivity index is 0. The summed E-state index contributed by atoms with van der Waals surface area (Å²) in [4.78, 5) is 10.4. The van der Waals surface area contributed by atoms with Crippen LogP contribution in [0.1, 0.15) is 6.99 Å². The number of rotatable bonds is 3. The Labute approximate surface area is 90.6 Å². The molecule has 0 radical (unpaired) electrons. The zero-order valence-corrected chi connectivity index (χ0v) is 7.60. The fourth-order valence-electron chi connectivity index (χ4n) is 0.955. The summed E-state index contributed by atoms with van der Waals surface area (Å²) in [6.45, 7) is 0. The number of carboxylic acid groups (broad SMARTS) is 1. The Hall–Kier alpha value is -0.753. The first kappa shape index (κ1) is 12.2. The number of aliphatic carboxylic acids is 1. The van der Waals surface area contributed by atoms with E-state index in [0.29, 0.717) is 6.42 Å². The van der Waals surface area contributed by atoms with E-state index in [9.17, 15) is 4.79 Å². The number of hydrogen-bond donors (Lipinski definition) is 2. The van der Waals surface area contributed by atoms with Crippen molar-refractivity contribution in [2.24, 2.45) is 5.73 Å². The standard InChI is InChI=1S/C9H11NO2.Li.H/c10-8(9(11)12)6-7-4-2-1-3-5-7;;/h1-5,8H,6,10H2,(H,11,12);;/q;+1;-1/t8-;;/m0../s1. The minimum atomic E-state index is -0.959. The zero-order chi connectivity index (χ0) is 8.97. The van der Waals surface area contributed by atoms with E-state index in [0.717, 1.165) is 5.56 Å². The molecule has 0 amide bonds. The predicted octanol–water partition coefficient (Wildman–Crippen LogP) is -2.24. The molecule has 0 heterocycles. The molecule has 0 saturated heterocycles. The summed E-state index contributed by atoms with van der Waals surface area (Å²) in [6.07, 6.45) is 0.385. The first-order valence-electron chi connectivity index (χ1n) is 3.72. The second-order valence-electron chi connectivity index (χ2n) is 2.63. The molecule has 1 rings (SSSR count). The van der Waals surface area contributed by atoms with E-state index >= 15 is 0 Å². The van der Waals surface area contributed by atoms with Gasteiger partial charge in [-0.25, -0.2) is 0 Å². The normalized spacial score (nSPS) is 11.5. The number of carbonyl (C=O) groups is 1. The van der Waals surface area contributed by atoms with E-state index in [2.05, 4.69) is 0 Å². The second-order valence-corrected chi connectivity index (χ2v) is 2.63. The SMILES string of the molecule is N[C@@H](Cc1ccccc1)C(=O)O.[H-].[Li+]. The van der Waals surface area contributed by atoms with Gasteiger partial charge in [0.15, 0.2) is 0 Å². The van der Waals surface area contributed by atoms with Gasteiger partial charge in [-0.15, -0.1) is 0 Å².